The van der Waals surface area contributed by atoms with E-state index in [1.165, 1.54) is 17.9 Å². The molecular formula is C12H21NO3. The molecule has 0 saturated carbocycles. The van der Waals surface area contributed by atoms with E-state index in [-0.39, 0.29) is 11.8 Å². The van der Waals surface area contributed by atoms with E-state index in [4.69, 9.17) is 4.74 Å². The van der Waals surface area contributed by atoms with Gasteiger partial charge in [0.25, 0.3) is 0 Å². The van der Waals surface area contributed by atoms with Crippen molar-refractivity contribution in [1.82, 2.24) is 4.90 Å². The Bertz CT molecular complexity index is 289. The molecule has 4 heteroatoms. The zero-order valence-electron chi connectivity index (χ0n) is 10.9. The lowest BCUT2D eigenvalue weighted by Gasteiger charge is -2.27. The largest absolute Gasteiger partial charge is 0.444 e. The third kappa shape index (κ3) is 6.22. The second-order valence-electron chi connectivity index (χ2n) is 4.80. The highest BCUT2D eigenvalue weighted by Crippen LogP contribution is 2.10. The van der Waals surface area contributed by atoms with Crippen LogP contribution in [0, 0.1) is 0 Å². The van der Waals surface area contributed by atoms with Gasteiger partial charge in [-0.15, -0.1) is 0 Å². The Balaban J connectivity index is 4.38. The van der Waals surface area contributed by atoms with Crippen molar-refractivity contribution >= 4 is 11.9 Å². The highest BCUT2D eigenvalue weighted by Gasteiger charge is 2.21. The van der Waals surface area contributed by atoms with Crippen molar-refractivity contribution in [3.63, 3.8) is 0 Å². The highest BCUT2D eigenvalue weighted by atomic mass is 16.6. The van der Waals surface area contributed by atoms with Gasteiger partial charge in [0.05, 0.1) is 6.04 Å². The summed E-state index contributed by atoms with van der Waals surface area (Å²) in [5.41, 5.74) is -0.505. The summed E-state index contributed by atoms with van der Waals surface area (Å²) in [6, 6.07) is -0.168. The van der Waals surface area contributed by atoms with Crippen LogP contribution in [0.1, 0.15) is 34.6 Å². The first kappa shape index (κ1) is 14.7. The molecule has 0 aliphatic carbocycles. The molecule has 1 atom stereocenters. The molecule has 0 spiro atoms. The van der Waals surface area contributed by atoms with Gasteiger partial charge < -0.3 is 9.64 Å². The number of amides is 1. The number of hydrogen-bond donors (Lipinski definition) is 0. The second-order valence-corrected chi connectivity index (χ2v) is 4.80. The maximum Gasteiger partial charge on any atom is 0.410 e. The van der Waals surface area contributed by atoms with Crippen molar-refractivity contribution in [2.45, 2.75) is 46.3 Å². The minimum absolute atomic E-state index is 0.0376. The van der Waals surface area contributed by atoms with Gasteiger partial charge in [-0.05, 0) is 40.7 Å². The molecule has 0 fully saturated rings. The molecule has 0 aromatic rings. The highest BCUT2D eigenvalue weighted by molar-refractivity contribution is 5.87. The summed E-state index contributed by atoms with van der Waals surface area (Å²) in [5, 5.41) is 0. The Morgan fingerprint density at radius 3 is 2.19 bits per heavy atom. The van der Waals surface area contributed by atoms with Crippen molar-refractivity contribution in [3.8, 4) is 0 Å². The van der Waals surface area contributed by atoms with Crippen molar-refractivity contribution in [2.75, 3.05) is 7.05 Å². The Morgan fingerprint density at radius 1 is 1.31 bits per heavy atom. The SMILES string of the molecule is CC(=O)/C=C/C(C)N(C)C(=O)OC(C)(C)C. The van der Waals surface area contributed by atoms with Gasteiger partial charge in [0.2, 0.25) is 0 Å². The average Bonchev–Trinajstić information content (AvgIpc) is 2.10. The topological polar surface area (TPSA) is 46.6 Å². The Morgan fingerprint density at radius 2 is 1.81 bits per heavy atom. The summed E-state index contributed by atoms with van der Waals surface area (Å²) in [6.45, 7) is 8.73. The lowest BCUT2D eigenvalue weighted by Crippen LogP contribution is -2.38. The van der Waals surface area contributed by atoms with Crippen LogP contribution < -0.4 is 0 Å². The number of likely N-dealkylation sites (N-methyl/N-ethyl adjacent to an activating group) is 1. The average molecular weight is 227 g/mol. The van der Waals surface area contributed by atoms with Crippen LogP contribution in [-0.4, -0.2) is 35.5 Å². The van der Waals surface area contributed by atoms with Gasteiger partial charge in [-0.2, -0.15) is 0 Å². The van der Waals surface area contributed by atoms with Gasteiger partial charge in [-0.3, -0.25) is 4.79 Å². The van der Waals surface area contributed by atoms with Gasteiger partial charge in [0.15, 0.2) is 5.78 Å². The quantitative estimate of drug-likeness (QED) is 0.695. The number of allylic oxidation sites excluding steroid dienone is 1. The number of ether oxygens (including phenoxy) is 1. The van der Waals surface area contributed by atoms with Crippen LogP contribution in [0.3, 0.4) is 0 Å². The molecule has 92 valence electrons. The van der Waals surface area contributed by atoms with Crippen LogP contribution in [0.5, 0.6) is 0 Å². The molecular weight excluding hydrogens is 206 g/mol. The fraction of sp³-hybridized carbons (Fsp3) is 0.667. The maximum absolute atomic E-state index is 11.6. The zero-order chi connectivity index (χ0) is 12.9. The molecule has 0 saturated heterocycles. The number of carbonyl (C=O) groups excluding carboxylic acids is 2. The Kier molecular flexibility index (Phi) is 5.21. The standard InChI is InChI=1S/C12H21NO3/c1-9(7-8-10(2)14)13(6)11(15)16-12(3,4)5/h7-9H,1-6H3/b8-7+. The van der Waals surface area contributed by atoms with Gasteiger partial charge in [-0.25, -0.2) is 4.79 Å². The lowest BCUT2D eigenvalue weighted by atomic mass is 10.2. The Labute approximate surface area is 97.3 Å². The third-order valence-corrected chi connectivity index (χ3v) is 1.90. The molecule has 0 aromatic carbocycles. The van der Waals surface area contributed by atoms with Crippen molar-refractivity contribution in [2.24, 2.45) is 0 Å². The molecule has 16 heavy (non-hydrogen) atoms. The third-order valence-electron chi connectivity index (χ3n) is 1.90. The van der Waals surface area contributed by atoms with E-state index in [1.54, 1.807) is 13.1 Å². The van der Waals surface area contributed by atoms with Crippen LogP contribution in [-0.2, 0) is 9.53 Å². The van der Waals surface area contributed by atoms with E-state index in [2.05, 4.69) is 0 Å². The molecule has 1 unspecified atom stereocenters. The molecule has 0 aromatic heterocycles. The van der Waals surface area contributed by atoms with Crippen LogP contribution >= 0.6 is 0 Å². The van der Waals surface area contributed by atoms with Crippen LogP contribution in [0.4, 0.5) is 4.79 Å². The Hall–Kier alpha value is -1.32. The molecule has 0 aliphatic rings. The summed E-state index contributed by atoms with van der Waals surface area (Å²) in [7, 11) is 1.64. The number of rotatable bonds is 3. The van der Waals surface area contributed by atoms with Gasteiger partial charge >= 0.3 is 6.09 Å². The molecule has 0 rings (SSSR count). The monoisotopic (exact) mass is 227 g/mol. The summed E-state index contributed by atoms with van der Waals surface area (Å²) >= 11 is 0. The minimum atomic E-state index is -0.505. The van der Waals surface area contributed by atoms with Crippen molar-refractivity contribution in [3.05, 3.63) is 12.2 Å². The fourth-order valence-electron chi connectivity index (χ4n) is 0.904. The van der Waals surface area contributed by atoms with E-state index in [9.17, 15) is 9.59 Å². The summed E-state index contributed by atoms with van der Waals surface area (Å²) in [5.74, 6) is -0.0376. The molecule has 0 N–H and O–H groups in total. The smallest absolute Gasteiger partial charge is 0.410 e. The van der Waals surface area contributed by atoms with Crippen LogP contribution in [0.15, 0.2) is 12.2 Å². The first-order valence-electron chi connectivity index (χ1n) is 5.28. The number of ketones is 1. The second kappa shape index (κ2) is 5.68. The van der Waals surface area contributed by atoms with E-state index in [1.807, 2.05) is 27.7 Å². The molecule has 0 bridgehead atoms. The van der Waals surface area contributed by atoms with E-state index in [0.717, 1.165) is 0 Å². The number of nitrogens with zero attached hydrogens (tertiary/aromatic N) is 1. The molecule has 1 amide bonds. The van der Waals surface area contributed by atoms with Gasteiger partial charge in [0.1, 0.15) is 5.60 Å². The van der Waals surface area contributed by atoms with Gasteiger partial charge in [0, 0.05) is 7.05 Å². The van der Waals surface area contributed by atoms with Crippen molar-refractivity contribution < 1.29 is 14.3 Å². The molecule has 4 nitrogen and oxygen atoms in total. The van der Waals surface area contributed by atoms with E-state index < -0.39 is 11.7 Å². The zero-order valence-corrected chi connectivity index (χ0v) is 10.9. The molecule has 0 radical (unpaired) electrons. The van der Waals surface area contributed by atoms with Crippen LogP contribution in [0.2, 0.25) is 0 Å². The fourth-order valence-corrected chi connectivity index (χ4v) is 0.904. The summed E-state index contributed by atoms with van der Waals surface area (Å²) in [6.07, 6.45) is 2.73. The molecule has 0 heterocycles. The van der Waals surface area contributed by atoms with E-state index >= 15 is 0 Å². The van der Waals surface area contributed by atoms with Crippen molar-refractivity contribution in [1.29, 1.82) is 0 Å². The van der Waals surface area contributed by atoms with Crippen LogP contribution in [0.25, 0.3) is 0 Å². The number of carbonyl (C=O) groups is 2. The summed E-state index contributed by atoms with van der Waals surface area (Å²) in [4.78, 5) is 23.8. The predicted octanol–water partition coefficient (Wildman–Crippen LogP) is 2.39. The summed E-state index contributed by atoms with van der Waals surface area (Å²) < 4.78 is 5.20. The molecule has 0 aliphatic heterocycles. The van der Waals surface area contributed by atoms with Gasteiger partial charge in [-0.1, -0.05) is 6.08 Å². The maximum atomic E-state index is 11.6. The predicted molar refractivity (Wildman–Crippen MR) is 63.3 cm³/mol. The van der Waals surface area contributed by atoms with E-state index in [0.29, 0.717) is 0 Å². The first-order valence-corrected chi connectivity index (χ1v) is 5.28. The first-order chi connectivity index (χ1) is 7.13. The lowest BCUT2D eigenvalue weighted by molar-refractivity contribution is -0.112. The normalized spacial score (nSPS) is 13.6. The minimum Gasteiger partial charge on any atom is -0.444 e. The number of hydrogen-bond acceptors (Lipinski definition) is 3.